The number of ether oxygens (including phenoxy) is 2. The largest absolute Gasteiger partial charge is 0.479 e. The summed E-state index contributed by atoms with van der Waals surface area (Å²) in [5.41, 5.74) is -0.499. The Balaban J connectivity index is 1.99. The molecule has 6 nitrogen and oxygen atoms in total. The molecule has 0 spiro atoms. The Bertz CT molecular complexity index is 521. The smallest absolute Gasteiger partial charge is 0.408 e. The second-order valence-electron chi connectivity index (χ2n) is 5.74. The minimum absolute atomic E-state index is 0.101. The molecule has 1 aromatic carbocycles. The van der Waals surface area contributed by atoms with Crippen molar-refractivity contribution in [1.29, 1.82) is 0 Å². The molecular weight excluding hydrogens is 286 g/mol. The van der Waals surface area contributed by atoms with Gasteiger partial charge in [0, 0.05) is 12.8 Å². The van der Waals surface area contributed by atoms with Gasteiger partial charge < -0.3 is 19.9 Å². The number of carboxylic acids is 1. The van der Waals surface area contributed by atoms with Crippen LogP contribution in [0.1, 0.15) is 32.3 Å². The molecule has 22 heavy (non-hydrogen) atoms. The number of amides is 1. The number of rotatable bonds is 4. The number of hydrogen-bond donors (Lipinski definition) is 2. The molecule has 1 fully saturated rings. The Morgan fingerprint density at radius 3 is 2.41 bits per heavy atom. The van der Waals surface area contributed by atoms with Gasteiger partial charge in [0.2, 0.25) is 0 Å². The fourth-order valence-corrected chi connectivity index (χ4v) is 2.84. The molecule has 0 saturated carbocycles. The van der Waals surface area contributed by atoms with Crippen LogP contribution in [0.5, 0.6) is 0 Å². The first-order valence-corrected chi connectivity index (χ1v) is 7.29. The molecule has 1 heterocycles. The predicted molar refractivity (Wildman–Crippen MR) is 79.4 cm³/mol. The molecule has 0 aliphatic carbocycles. The molecule has 2 unspecified atom stereocenters. The highest BCUT2D eigenvalue weighted by atomic mass is 16.5. The molecule has 2 atom stereocenters. The lowest BCUT2D eigenvalue weighted by Gasteiger charge is -2.39. The average Bonchev–Trinajstić information content (AvgIpc) is 2.45. The first-order chi connectivity index (χ1) is 10.4. The summed E-state index contributed by atoms with van der Waals surface area (Å²) < 4.78 is 10.7. The number of carboxylic acid groups (broad SMARTS) is 1. The number of hydrogen-bond acceptors (Lipinski definition) is 4. The Labute approximate surface area is 129 Å². The average molecular weight is 307 g/mol. The van der Waals surface area contributed by atoms with E-state index in [0.717, 1.165) is 5.56 Å². The highest BCUT2D eigenvalue weighted by Gasteiger charge is 2.46. The second kappa shape index (κ2) is 6.79. The van der Waals surface area contributed by atoms with Gasteiger partial charge >= 0.3 is 12.1 Å². The van der Waals surface area contributed by atoms with Gasteiger partial charge in [-0.05, 0) is 19.4 Å². The molecule has 0 radical (unpaired) electrons. The third kappa shape index (κ3) is 3.98. The van der Waals surface area contributed by atoms with Crippen molar-refractivity contribution in [3.8, 4) is 0 Å². The summed E-state index contributed by atoms with van der Waals surface area (Å²) in [7, 11) is 0. The van der Waals surface area contributed by atoms with Crippen LogP contribution in [0.4, 0.5) is 4.79 Å². The Morgan fingerprint density at radius 1 is 1.27 bits per heavy atom. The monoisotopic (exact) mass is 307 g/mol. The van der Waals surface area contributed by atoms with E-state index in [-0.39, 0.29) is 31.7 Å². The van der Waals surface area contributed by atoms with Gasteiger partial charge in [-0.25, -0.2) is 9.59 Å². The van der Waals surface area contributed by atoms with Gasteiger partial charge in [-0.3, -0.25) is 0 Å². The highest BCUT2D eigenvalue weighted by Crippen LogP contribution is 2.29. The highest BCUT2D eigenvalue weighted by molar-refractivity contribution is 5.84. The number of carbonyl (C=O) groups is 2. The van der Waals surface area contributed by atoms with E-state index in [4.69, 9.17) is 9.47 Å². The molecule has 1 saturated heterocycles. The SMILES string of the molecule is CC1CC(NC(=O)OCc2ccccc2)(C(=O)O)CC(C)O1. The lowest BCUT2D eigenvalue weighted by molar-refractivity contribution is -0.155. The van der Waals surface area contributed by atoms with E-state index >= 15 is 0 Å². The lowest BCUT2D eigenvalue weighted by Crippen LogP contribution is -2.60. The minimum atomic E-state index is -1.34. The second-order valence-corrected chi connectivity index (χ2v) is 5.74. The van der Waals surface area contributed by atoms with E-state index in [9.17, 15) is 14.7 Å². The molecular formula is C16H21NO5. The molecule has 120 valence electrons. The third-order valence-corrected chi connectivity index (χ3v) is 3.70. The summed E-state index contributed by atoms with van der Waals surface area (Å²) in [6.07, 6.45) is -0.781. The van der Waals surface area contributed by atoms with Crippen LogP contribution in [0.25, 0.3) is 0 Å². The van der Waals surface area contributed by atoms with E-state index in [0.29, 0.717) is 0 Å². The van der Waals surface area contributed by atoms with E-state index < -0.39 is 17.6 Å². The molecule has 0 aromatic heterocycles. The molecule has 1 aliphatic rings. The lowest BCUT2D eigenvalue weighted by atomic mass is 9.84. The van der Waals surface area contributed by atoms with Crippen molar-refractivity contribution in [2.75, 3.05) is 0 Å². The molecule has 0 bridgehead atoms. The van der Waals surface area contributed by atoms with Crippen molar-refractivity contribution < 1.29 is 24.2 Å². The van der Waals surface area contributed by atoms with Gasteiger partial charge in [0.1, 0.15) is 12.1 Å². The van der Waals surface area contributed by atoms with Crippen LogP contribution in [0.15, 0.2) is 30.3 Å². The van der Waals surface area contributed by atoms with Crippen molar-refractivity contribution in [2.45, 2.75) is 51.0 Å². The zero-order valence-electron chi connectivity index (χ0n) is 12.7. The number of nitrogens with one attached hydrogen (secondary N) is 1. The first-order valence-electron chi connectivity index (χ1n) is 7.29. The zero-order valence-corrected chi connectivity index (χ0v) is 12.7. The quantitative estimate of drug-likeness (QED) is 0.891. The number of alkyl carbamates (subject to hydrolysis) is 1. The predicted octanol–water partition coefficient (Wildman–Crippen LogP) is 2.32. The van der Waals surface area contributed by atoms with Crippen LogP contribution < -0.4 is 5.32 Å². The first kappa shape index (κ1) is 16.3. The summed E-state index contributed by atoms with van der Waals surface area (Å²) in [6, 6.07) is 9.22. The number of carbonyl (C=O) groups excluding carboxylic acids is 1. The van der Waals surface area contributed by atoms with Gasteiger partial charge in [0.25, 0.3) is 0 Å². The van der Waals surface area contributed by atoms with E-state index in [1.807, 2.05) is 30.3 Å². The molecule has 1 aromatic rings. The molecule has 6 heteroatoms. The molecule has 1 amide bonds. The van der Waals surface area contributed by atoms with Gasteiger partial charge in [-0.1, -0.05) is 30.3 Å². The fraction of sp³-hybridized carbons (Fsp3) is 0.500. The van der Waals surface area contributed by atoms with E-state index in [1.165, 1.54) is 0 Å². The maximum atomic E-state index is 12.0. The normalized spacial score (nSPS) is 27.9. The van der Waals surface area contributed by atoms with Crippen LogP contribution in [0.2, 0.25) is 0 Å². The zero-order chi connectivity index (χ0) is 16.2. The van der Waals surface area contributed by atoms with Gasteiger partial charge in [0.05, 0.1) is 12.2 Å². The van der Waals surface area contributed by atoms with Crippen LogP contribution >= 0.6 is 0 Å². The number of benzene rings is 1. The van der Waals surface area contributed by atoms with Gasteiger partial charge in [0.15, 0.2) is 0 Å². The fourth-order valence-electron chi connectivity index (χ4n) is 2.84. The van der Waals surface area contributed by atoms with Crippen molar-refractivity contribution in [2.24, 2.45) is 0 Å². The number of aliphatic carboxylic acids is 1. The van der Waals surface area contributed by atoms with Crippen LogP contribution in [0, 0.1) is 0 Å². The van der Waals surface area contributed by atoms with Gasteiger partial charge in [-0.2, -0.15) is 0 Å². The Hall–Kier alpha value is -2.08. The van der Waals surface area contributed by atoms with E-state index in [1.54, 1.807) is 13.8 Å². The maximum absolute atomic E-state index is 12.0. The summed E-state index contributed by atoms with van der Waals surface area (Å²) in [5, 5.41) is 12.1. The molecule has 2 N–H and O–H groups in total. The Kier molecular flexibility index (Phi) is 5.03. The van der Waals surface area contributed by atoms with Crippen molar-refractivity contribution in [3.05, 3.63) is 35.9 Å². The topological polar surface area (TPSA) is 84.9 Å². The standard InChI is InChI=1S/C16H21NO5/c1-11-8-16(14(18)19,9-12(2)22-11)17-15(20)21-10-13-6-4-3-5-7-13/h3-7,11-12H,8-10H2,1-2H3,(H,17,20)(H,18,19). The molecule has 2 rings (SSSR count). The van der Waals surface area contributed by atoms with Crippen molar-refractivity contribution in [1.82, 2.24) is 5.32 Å². The van der Waals surface area contributed by atoms with Crippen LogP contribution in [-0.4, -0.2) is 34.9 Å². The summed E-state index contributed by atoms with van der Waals surface area (Å²) in [6.45, 7) is 3.69. The van der Waals surface area contributed by atoms with Crippen LogP contribution in [-0.2, 0) is 20.9 Å². The summed E-state index contributed by atoms with van der Waals surface area (Å²) >= 11 is 0. The van der Waals surface area contributed by atoms with E-state index in [2.05, 4.69) is 5.32 Å². The summed E-state index contributed by atoms with van der Waals surface area (Å²) in [5.74, 6) is -1.06. The summed E-state index contributed by atoms with van der Waals surface area (Å²) in [4.78, 5) is 23.6. The Morgan fingerprint density at radius 2 is 1.86 bits per heavy atom. The minimum Gasteiger partial charge on any atom is -0.479 e. The van der Waals surface area contributed by atoms with Gasteiger partial charge in [-0.15, -0.1) is 0 Å². The van der Waals surface area contributed by atoms with Crippen LogP contribution in [0.3, 0.4) is 0 Å². The third-order valence-electron chi connectivity index (χ3n) is 3.70. The maximum Gasteiger partial charge on any atom is 0.408 e. The van der Waals surface area contributed by atoms with Crippen molar-refractivity contribution in [3.63, 3.8) is 0 Å². The van der Waals surface area contributed by atoms with Crippen molar-refractivity contribution >= 4 is 12.1 Å². The molecule has 1 aliphatic heterocycles.